The summed E-state index contributed by atoms with van der Waals surface area (Å²) in [5, 5.41) is 4.05. The molecule has 1 saturated heterocycles. The second-order valence-corrected chi connectivity index (χ2v) is 4.77. The third kappa shape index (κ3) is 3.42. The topological polar surface area (TPSA) is 38.3 Å². The molecule has 1 unspecified atom stereocenters. The van der Waals surface area contributed by atoms with E-state index in [4.69, 9.17) is 27.9 Å². The fourth-order valence-electron chi connectivity index (χ4n) is 1.75. The Morgan fingerprint density at radius 2 is 2.24 bits per heavy atom. The van der Waals surface area contributed by atoms with Gasteiger partial charge < -0.3 is 10.1 Å². The molecular weight excluding hydrogens is 261 g/mol. The van der Waals surface area contributed by atoms with Crippen molar-refractivity contribution in [3.63, 3.8) is 0 Å². The minimum Gasteiger partial charge on any atom is -0.375 e. The van der Waals surface area contributed by atoms with Crippen molar-refractivity contribution in [1.29, 1.82) is 0 Å². The van der Waals surface area contributed by atoms with Crippen LogP contribution in [0.4, 0.5) is 0 Å². The van der Waals surface area contributed by atoms with Gasteiger partial charge in [-0.05, 0) is 18.2 Å². The number of ether oxygens (including phenoxy) is 1. The van der Waals surface area contributed by atoms with Gasteiger partial charge in [-0.15, -0.1) is 0 Å². The molecule has 0 aromatic heterocycles. The fraction of sp³-hybridized carbons (Fsp3) is 0.417. The van der Waals surface area contributed by atoms with E-state index in [9.17, 15) is 4.79 Å². The highest BCUT2D eigenvalue weighted by atomic mass is 35.5. The molecule has 92 valence electrons. The van der Waals surface area contributed by atoms with E-state index in [1.807, 2.05) is 0 Å². The maximum Gasteiger partial charge on any atom is 0.165 e. The summed E-state index contributed by atoms with van der Waals surface area (Å²) in [5.41, 5.74) is 0.577. The third-order valence-electron chi connectivity index (χ3n) is 2.66. The summed E-state index contributed by atoms with van der Waals surface area (Å²) >= 11 is 11.7. The standard InChI is InChI=1S/C12H13Cl2NO2/c13-10-2-1-8(5-11(10)14)12(16)6-9-7-15-3-4-17-9/h1-2,5,9,15H,3-4,6-7H2. The summed E-state index contributed by atoms with van der Waals surface area (Å²) in [5.74, 6) is 0.0252. The van der Waals surface area contributed by atoms with Crippen LogP contribution in [-0.2, 0) is 4.74 Å². The fourth-order valence-corrected chi connectivity index (χ4v) is 2.04. The second kappa shape index (κ2) is 5.83. The summed E-state index contributed by atoms with van der Waals surface area (Å²) in [6, 6.07) is 4.92. The van der Waals surface area contributed by atoms with Crippen LogP contribution in [-0.4, -0.2) is 31.6 Å². The monoisotopic (exact) mass is 273 g/mol. The molecule has 0 spiro atoms. The maximum atomic E-state index is 12.0. The zero-order valence-corrected chi connectivity index (χ0v) is 10.7. The number of hydrogen-bond acceptors (Lipinski definition) is 3. The molecule has 1 aromatic carbocycles. The van der Waals surface area contributed by atoms with Crippen LogP contribution in [0, 0.1) is 0 Å². The number of carbonyl (C=O) groups excluding carboxylic acids is 1. The van der Waals surface area contributed by atoms with Crippen LogP contribution in [0.3, 0.4) is 0 Å². The number of nitrogens with one attached hydrogen (secondary N) is 1. The van der Waals surface area contributed by atoms with Gasteiger partial charge >= 0.3 is 0 Å². The van der Waals surface area contributed by atoms with Crippen LogP contribution in [0.5, 0.6) is 0 Å². The van der Waals surface area contributed by atoms with Crippen LogP contribution in [0.1, 0.15) is 16.8 Å². The number of rotatable bonds is 3. The van der Waals surface area contributed by atoms with E-state index in [2.05, 4.69) is 5.32 Å². The van der Waals surface area contributed by atoms with Gasteiger partial charge in [-0.25, -0.2) is 0 Å². The Kier molecular flexibility index (Phi) is 4.40. The Hall–Kier alpha value is -0.610. The largest absolute Gasteiger partial charge is 0.375 e. The van der Waals surface area contributed by atoms with Gasteiger partial charge in [-0.2, -0.15) is 0 Å². The molecule has 0 aliphatic carbocycles. The number of halogens is 2. The first-order valence-electron chi connectivity index (χ1n) is 5.47. The zero-order valence-electron chi connectivity index (χ0n) is 9.21. The van der Waals surface area contributed by atoms with Crippen molar-refractivity contribution in [2.75, 3.05) is 19.7 Å². The minimum atomic E-state index is -0.0503. The van der Waals surface area contributed by atoms with Gasteiger partial charge in [-0.1, -0.05) is 23.2 Å². The number of hydrogen-bond donors (Lipinski definition) is 1. The van der Waals surface area contributed by atoms with Crippen molar-refractivity contribution < 1.29 is 9.53 Å². The lowest BCUT2D eigenvalue weighted by Crippen LogP contribution is -2.39. The van der Waals surface area contributed by atoms with Crippen molar-refractivity contribution in [3.8, 4) is 0 Å². The lowest BCUT2D eigenvalue weighted by atomic mass is 10.0. The summed E-state index contributed by atoms with van der Waals surface area (Å²) < 4.78 is 5.48. The first-order chi connectivity index (χ1) is 8.16. The van der Waals surface area contributed by atoms with Gasteiger partial charge in [0.2, 0.25) is 0 Å². The van der Waals surface area contributed by atoms with Crippen molar-refractivity contribution in [1.82, 2.24) is 5.32 Å². The van der Waals surface area contributed by atoms with Crippen LogP contribution in [0.15, 0.2) is 18.2 Å². The predicted octanol–water partition coefficient (Wildman–Crippen LogP) is 2.55. The van der Waals surface area contributed by atoms with Gasteiger partial charge in [0.05, 0.1) is 22.8 Å². The highest BCUT2D eigenvalue weighted by molar-refractivity contribution is 6.42. The molecule has 3 nitrogen and oxygen atoms in total. The second-order valence-electron chi connectivity index (χ2n) is 3.95. The van der Waals surface area contributed by atoms with Gasteiger partial charge in [0.15, 0.2) is 5.78 Å². The van der Waals surface area contributed by atoms with Crippen molar-refractivity contribution in [2.24, 2.45) is 0 Å². The van der Waals surface area contributed by atoms with Crippen LogP contribution in [0.2, 0.25) is 10.0 Å². The first-order valence-corrected chi connectivity index (χ1v) is 6.23. The Bertz CT molecular complexity index is 417. The number of Topliss-reactive ketones (excluding diaryl/α,β-unsaturated/α-hetero) is 1. The lowest BCUT2D eigenvalue weighted by molar-refractivity contribution is 0.0240. The molecule has 1 N–H and O–H groups in total. The van der Waals surface area contributed by atoms with Crippen molar-refractivity contribution in [3.05, 3.63) is 33.8 Å². The van der Waals surface area contributed by atoms with Crippen LogP contribution in [0.25, 0.3) is 0 Å². The molecule has 17 heavy (non-hydrogen) atoms. The van der Waals surface area contributed by atoms with Crippen molar-refractivity contribution >= 4 is 29.0 Å². The van der Waals surface area contributed by atoms with E-state index in [1.165, 1.54) is 0 Å². The molecular formula is C12H13Cl2NO2. The molecule has 1 atom stereocenters. The summed E-state index contributed by atoms with van der Waals surface area (Å²) in [4.78, 5) is 12.0. The number of morpholine rings is 1. The van der Waals surface area contributed by atoms with E-state index >= 15 is 0 Å². The predicted molar refractivity (Wildman–Crippen MR) is 68.0 cm³/mol. The van der Waals surface area contributed by atoms with Crippen LogP contribution < -0.4 is 5.32 Å². The number of ketones is 1. The third-order valence-corrected chi connectivity index (χ3v) is 3.40. The Morgan fingerprint density at radius 1 is 1.41 bits per heavy atom. The highest BCUT2D eigenvalue weighted by Crippen LogP contribution is 2.23. The highest BCUT2D eigenvalue weighted by Gasteiger charge is 2.18. The van der Waals surface area contributed by atoms with E-state index in [-0.39, 0.29) is 11.9 Å². The molecule has 1 aliphatic heterocycles. The average Bonchev–Trinajstić information content (AvgIpc) is 2.34. The van der Waals surface area contributed by atoms with Gasteiger partial charge in [0.25, 0.3) is 0 Å². The molecule has 1 aromatic rings. The quantitative estimate of drug-likeness (QED) is 0.861. The minimum absolute atomic E-state index is 0.0252. The van der Waals surface area contributed by atoms with Gasteiger partial charge in [0, 0.05) is 25.1 Å². The normalized spacial score (nSPS) is 20.2. The molecule has 1 fully saturated rings. The zero-order chi connectivity index (χ0) is 12.3. The lowest BCUT2D eigenvalue weighted by Gasteiger charge is -2.22. The van der Waals surface area contributed by atoms with E-state index in [0.717, 1.165) is 6.54 Å². The molecule has 1 heterocycles. The summed E-state index contributed by atoms with van der Waals surface area (Å²) in [7, 11) is 0. The van der Waals surface area contributed by atoms with Gasteiger partial charge in [0.1, 0.15) is 0 Å². The summed E-state index contributed by atoms with van der Waals surface area (Å²) in [6.45, 7) is 2.21. The number of carbonyl (C=O) groups is 1. The molecule has 0 bridgehead atoms. The van der Waals surface area contributed by atoms with E-state index < -0.39 is 0 Å². The van der Waals surface area contributed by atoms with Gasteiger partial charge in [-0.3, -0.25) is 4.79 Å². The molecule has 0 radical (unpaired) electrons. The average molecular weight is 274 g/mol. The van der Waals surface area contributed by atoms with Crippen molar-refractivity contribution in [2.45, 2.75) is 12.5 Å². The molecule has 0 saturated carbocycles. The molecule has 5 heteroatoms. The Labute approximate surface area is 110 Å². The Morgan fingerprint density at radius 3 is 2.88 bits per heavy atom. The molecule has 2 rings (SSSR count). The number of benzene rings is 1. The van der Waals surface area contributed by atoms with E-state index in [1.54, 1.807) is 18.2 Å². The van der Waals surface area contributed by atoms with E-state index in [0.29, 0.717) is 35.2 Å². The summed E-state index contributed by atoms with van der Waals surface area (Å²) in [6.07, 6.45) is 0.316. The maximum absolute atomic E-state index is 12.0. The first kappa shape index (κ1) is 12.8. The molecule has 0 amide bonds. The SMILES string of the molecule is O=C(CC1CNCCO1)c1ccc(Cl)c(Cl)c1. The Balaban J connectivity index is 2.01. The molecule has 1 aliphatic rings. The smallest absolute Gasteiger partial charge is 0.165 e. The van der Waals surface area contributed by atoms with Crippen LogP contribution >= 0.6 is 23.2 Å².